The second-order valence-corrected chi connectivity index (χ2v) is 7.73. The van der Waals surface area contributed by atoms with Crippen molar-refractivity contribution < 1.29 is 18.4 Å². The first-order valence-corrected chi connectivity index (χ1v) is 9.72. The maximum absolute atomic E-state index is 13.5. The van der Waals surface area contributed by atoms with Crippen LogP contribution in [0.15, 0.2) is 30.3 Å². The molecule has 1 saturated heterocycles. The zero-order valence-corrected chi connectivity index (χ0v) is 16.3. The number of aryl methyl sites for hydroxylation is 2. The van der Waals surface area contributed by atoms with Crippen LogP contribution in [0.4, 0.5) is 14.5 Å². The molecule has 142 valence electrons. The molecule has 0 aromatic heterocycles. The molecular weight excluding hydrogens is 394 g/mol. The Morgan fingerprint density at radius 3 is 2.56 bits per heavy atom. The average molecular weight is 411 g/mol. The molecule has 1 aliphatic rings. The van der Waals surface area contributed by atoms with Crippen molar-refractivity contribution in [2.24, 2.45) is 0 Å². The largest absolute Gasteiger partial charge is 0.324 e. The fourth-order valence-electron chi connectivity index (χ4n) is 2.75. The smallest absolute Gasteiger partial charge is 0.256 e. The summed E-state index contributed by atoms with van der Waals surface area (Å²) in [5.41, 5.74) is 2.62. The van der Waals surface area contributed by atoms with Crippen molar-refractivity contribution in [1.82, 2.24) is 4.90 Å². The van der Waals surface area contributed by atoms with Gasteiger partial charge in [-0.05, 0) is 49.2 Å². The molecule has 1 N–H and O–H groups in total. The number of hydrogen-bond acceptors (Lipinski definition) is 3. The summed E-state index contributed by atoms with van der Waals surface area (Å²) in [5.74, 6) is -2.57. The van der Waals surface area contributed by atoms with E-state index in [9.17, 15) is 18.4 Å². The van der Waals surface area contributed by atoms with E-state index in [0.29, 0.717) is 11.4 Å². The van der Waals surface area contributed by atoms with Crippen LogP contribution in [0.25, 0.3) is 0 Å². The SMILES string of the molecule is Cc1ccc(NC(=O)C2CSCN2C(=O)c2cc(F)c(F)cc2Cl)cc1C. The van der Waals surface area contributed by atoms with Crippen molar-refractivity contribution >= 4 is 40.9 Å². The zero-order valence-electron chi connectivity index (χ0n) is 14.7. The molecule has 0 radical (unpaired) electrons. The van der Waals surface area contributed by atoms with E-state index >= 15 is 0 Å². The van der Waals surface area contributed by atoms with Crippen molar-refractivity contribution in [3.8, 4) is 0 Å². The van der Waals surface area contributed by atoms with Crippen LogP contribution in [0.2, 0.25) is 5.02 Å². The summed E-state index contributed by atoms with van der Waals surface area (Å²) in [5, 5.41) is 2.62. The summed E-state index contributed by atoms with van der Waals surface area (Å²) < 4.78 is 26.8. The third-order valence-corrected chi connectivity index (χ3v) is 5.79. The van der Waals surface area contributed by atoms with E-state index in [1.165, 1.54) is 16.7 Å². The molecule has 1 heterocycles. The predicted molar refractivity (Wildman–Crippen MR) is 103 cm³/mol. The molecule has 2 amide bonds. The molecule has 0 bridgehead atoms. The quantitative estimate of drug-likeness (QED) is 0.763. The van der Waals surface area contributed by atoms with Crippen LogP contribution in [-0.2, 0) is 4.79 Å². The second-order valence-electron chi connectivity index (χ2n) is 6.33. The van der Waals surface area contributed by atoms with Gasteiger partial charge in [0.25, 0.3) is 5.91 Å². The fraction of sp³-hybridized carbons (Fsp3) is 0.263. The normalized spacial score (nSPS) is 16.5. The lowest BCUT2D eigenvalue weighted by atomic mass is 10.1. The van der Waals surface area contributed by atoms with Gasteiger partial charge in [0.15, 0.2) is 11.6 Å². The van der Waals surface area contributed by atoms with E-state index in [4.69, 9.17) is 11.6 Å². The first-order valence-electron chi connectivity index (χ1n) is 8.19. The van der Waals surface area contributed by atoms with E-state index in [-0.39, 0.29) is 22.4 Å². The molecular formula is C19H17ClF2N2O2S. The maximum Gasteiger partial charge on any atom is 0.256 e. The van der Waals surface area contributed by atoms with Crippen LogP contribution in [0, 0.1) is 25.5 Å². The maximum atomic E-state index is 13.5. The molecule has 2 aromatic carbocycles. The molecule has 4 nitrogen and oxygen atoms in total. The van der Waals surface area contributed by atoms with Crippen LogP contribution in [-0.4, -0.2) is 34.4 Å². The molecule has 2 aromatic rings. The number of hydrogen-bond donors (Lipinski definition) is 1. The molecule has 1 atom stereocenters. The number of carbonyl (C=O) groups is 2. The highest BCUT2D eigenvalue weighted by Crippen LogP contribution is 2.28. The minimum Gasteiger partial charge on any atom is -0.324 e. The Balaban J connectivity index is 1.80. The fourth-order valence-corrected chi connectivity index (χ4v) is 4.13. The molecule has 1 aliphatic heterocycles. The van der Waals surface area contributed by atoms with Gasteiger partial charge in [-0.1, -0.05) is 17.7 Å². The second kappa shape index (κ2) is 7.86. The number of nitrogens with one attached hydrogen (secondary N) is 1. The lowest BCUT2D eigenvalue weighted by Crippen LogP contribution is -2.44. The third-order valence-electron chi connectivity index (χ3n) is 4.46. The van der Waals surface area contributed by atoms with Crippen LogP contribution >= 0.6 is 23.4 Å². The highest BCUT2D eigenvalue weighted by atomic mass is 35.5. The molecule has 27 heavy (non-hydrogen) atoms. The average Bonchev–Trinajstić information content (AvgIpc) is 3.10. The number of amides is 2. The van der Waals surface area contributed by atoms with E-state index in [1.807, 2.05) is 26.0 Å². The van der Waals surface area contributed by atoms with Gasteiger partial charge in [0, 0.05) is 11.4 Å². The van der Waals surface area contributed by atoms with Crippen molar-refractivity contribution in [2.45, 2.75) is 19.9 Å². The number of halogens is 3. The first kappa shape index (κ1) is 19.6. The lowest BCUT2D eigenvalue weighted by Gasteiger charge is -2.23. The third kappa shape index (κ3) is 4.09. The number of thioether (sulfide) groups is 1. The molecule has 1 fully saturated rings. The van der Waals surface area contributed by atoms with Gasteiger partial charge in [-0.3, -0.25) is 9.59 Å². The van der Waals surface area contributed by atoms with Gasteiger partial charge in [-0.15, -0.1) is 11.8 Å². The standard InChI is InChI=1S/C19H17ClF2N2O2S/c1-10-3-4-12(5-11(10)2)23-18(25)17-8-27-9-24(17)19(26)13-6-15(21)16(22)7-14(13)20/h3-7,17H,8-9H2,1-2H3,(H,23,25). The van der Waals surface area contributed by atoms with Gasteiger partial charge >= 0.3 is 0 Å². The van der Waals surface area contributed by atoms with Gasteiger partial charge in [-0.25, -0.2) is 8.78 Å². The van der Waals surface area contributed by atoms with Crippen molar-refractivity contribution in [2.75, 3.05) is 16.9 Å². The predicted octanol–water partition coefficient (Wildman–Crippen LogP) is 4.39. The number of anilines is 1. The molecule has 1 unspecified atom stereocenters. The van der Waals surface area contributed by atoms with Crippen molar-refractivity contribution in [1.29, 1.82) is 0 Å². The van der Waals surface area contributed by atoms with E-state index < -0.39 is 23.6 Å². The monoisotopic (exact) mass is 410 g/mol. The first-order chi connectivity index (χ1) is 12.8. The highest BCUT2D eigenvalue weighted by Gasteiger charge is 2.36. The topological polar surface area (TPSA) is 49.4 Å². The zero-order chi connectivity index (χ0) is 19.7. The molecule has 3 rings (SSSR count). The van der Waals surface area contributed by atoms with Gasteiger partial charge in [0.1, 0.15) is 6.04 Å². The number of nitrogens with zero attached hydrogens (tertiary/aromatic N) is 1. The lowest BCUT2D eigenvalue weighted by molar-refractivity contribution is -0.119. The van der Waals surface area contributed by atoms with Gasteiger partial charge < -0.3 is 10.2 Å². The summed E-state index contributed by atoms with van der Waals surface area (Å²) >= 11 is 7.31. The van der Waals surface area contributed by atoms with Gasteiger partial charge in [0.05, 0.1) is 16.5 Å². The molecule has 8 heteroatoms. The minimum atomic E-state index is -1.16. The molecule has 0 saturated carbocycles. The summed E-state index contributed by atoms with van der Waals surface area (Å²) in [7, 11) is 0. The van der Waals surface area contributed by atoms with Gasteiger partial charge in [0.2, 0.25) is 5.91 Å². The summed E-state index contributed by atoms with van der Waals surface area (Å²) in [6.07, 6.45) is 0. The van der Waals surface area contributed by atoms with E-state index in [2.05, 4.69) is 5.32 Å². The Hall–Kier alpha value is -2.12. The van der Waals surface area contributed by atoms with Crippen LogP contribution < -0.4 is 5.32 Å². The highest BCUT2D eigenvalue weighted by molar-refractivity contribution is 7.99. The van der Waals surface area contributed by atoms with Crippen molar-refractivity contribution in [3.05, 3.63) is 63.7 Å². The number of carbonyl (C=O) groups excluding carboxylic acids is 2. The Morgan fingerprint density at radius 1 is 1.15 bits per heavy atom. The van der Waals surface area contributed by atoms with Crippen molar-refractivity contribution in [3.63, 3.8) is 0 Å². The van der Waals surface area contributed by atoms with Crippen LogP contribution in [0.5, 0.6) is 0 Å². The number of rotatable bonds is 3. The van der Waals surface area contributed by atoms with Crippen LogP contribution in [0.1, 0.15) is 21.5 Å². The Morgan fingerprint density at radius 2 is 1.85 bits per heavy atom. The minimum absolute atomic E-state index is 0.165. The van der Waals surface area contributed by atoms with Crippen LogP contribution in [0.3, 0.4) is 0 Å². The van der Waals surface area contributed by atoms with E-state index in [0.717, 1.165) is 23.3 Å². The Labute approximate surface area is 164 Å². The molecule has 0 aliphatic carbocycles. The number of benzene rings is 2. The molecule has 0 spiro atoms. The summed E-state index contributed by atoms with van der Waals surface area (Å²) in [6.45, 7) is 3.91. The summed E-state index contributed by atoms with van der Waals surface area (Å²) in [4.78, 5) is 26.8. The Bertz CT molecular complexity index is 923. The summed E-state index contributed by atoms with van der Waals surface area (Å²) in [6, 6.07) is 6.35. The van der Waals surface area contributed by atoms with Gasteiger partial charge in [-0.2, -0.15) is 0 Å². The van der Waals surface area contributed by atoms with E-state index in [1.54, 1.807) is 6.07 Å². The Kier molecular flexibility index (Phi) is 5.72.